The zero-order chi connectivity index (χ0) is 34.3. The third-order valence-electron chi connectivity index (χ3n) is 11.2. The van der Waals surface area contributed by atoms with Crippen molar-refractivity contribution in [3.05, 3.63) is 157 Å². The molecule has 0 radical (unpaired) electrons. The van der Waals surface area contributed by atoms with Crippen LogP contribution in [0.5, 0.6) is 0 Å². The second kappa shape index (κ2) is 9.74. The van der Waals surface area contributed by atoms with Crippen molar-refractivity contribution in [1.82, 2.24) is 19.4 Å². The van der Waals surface area contributed by atoms with Gasteiger partial charge in [-0.2, -0.15) is 0 Å². The molecular weight excluding hydrogens is 639 g/mol. The van der Waals surface area contributed by atoms with E-state index in [2.05, 4.69) is 121 Å². The van der Waals surface area contributed by atoms with Crippen LogP contribution in [0.1, 0.15) is 11.3 Å². The van der Waals surface area contributed by atoms with E-state index in [4.69, 9.17) is 20.7 Å². The summed E-state index contributed by atoms with van der Waals surface area (Å²) in [6, 6.07) is 48.5. The second-order valence-corrected chi connectivity index (χ2v) is 13.9. The fraction of sp³-hybridized carbons (Fsp3) is 0.0217. The molecule has 1 atom stereocenters. The first-order valence-electron chi connectivity index (χ1n) is 17.5. The van der Waals surface area contributed by atoms with E-state index in [1.807, 2.05) is 22.6 Å². The highest BCUT2D eigenvalue weighted by atomic mass is 16.3. The molecule has 0 amide bonds. The maximum Gasteiger partial charge on any atom is 0.235 e. The summed E-state index contributed by atoms with van der Waals surface area (Å²) >= 11 is 0. The molecule has 3 aromatic heterocycles. The Morgan fingerprint density at radius 3 is 1.75 bits per heavy atom. The van der Waals surface area contributed by atoms with Crippen molar-refractivity contribution in [3.63, 3.8) is 0 Å². The molecule has 0 saturated heterocycles. The molecule has 3 N–H and O–H groups in total. The van der Waals surface area contributed by atoms with Crippen molar-refractivity contribution in [2.75, 3.05) is 0 Å². The molecule has 0 aliphatic heterocycles. The van der Waals surface area contributed by atoms with Gasteiger partial charge in [-0.1, -0.05) is 127 Å². The number of nitrogens with zero attached hydrogens (tertiary/aromatic N) is 4. The number of hydrogen-bond donors (Lipinski definition) is 2. The Balaban J connectivity index is 1.33. The first-order chi connectivity index (χ1) is 25.6. The van der Waals surface area contributed by atoms with Crippen LogP contribution in [-0.2, 0) is 5.72 Å². The Hall–Kier alpha value is -6.73. The van der Waals surface area contributed by atoms with Crippen LogP contribution in [0.25, 0.3) is 104 Å². The first-order valence-corrected chi connectivity index (χ1v) is 17.5. The number of hydrogen-bond acceptors (Lipinski definition) is 5. The third kappa shape index (κ3) is 3.38. The summed E-state index contributed by atoms with van der Waals surface area (Å²) < 4.78 is 2.00. The number of benzene rings is 8. The zero-order valence-electron chi connectivity index (χ0n) is 27.7. The lowest BCUT2D eigenvalue weighted by molar-refractivity contribution is 0.0885. The van der Waals surface area contributed by atoms with Crippen molar-refractivity contribution in [3.8, 4) is 22.3 Å². The maximum atomic E-state index is 12.5. The summed E-state index contributed by atoms with van der Waals surface area (Å²) in [6.45, 7) is 0. The largest absolute Gasteiger partial charge is 0.366 e. The van der Waals surface area contributed by atoms with Gasteiger partial charge in [0, 0.05) is 38.9 Å². The van der Waals surface area contributed by atoms with Gasteiger partial charge in [-0.3, -0.25) is 15.1 Å². The van der Waals surface area contributed by atoms with Gasteiger partial charge >= 0.3 is 0 Å². The smallest absolute Gasteiger partial charge is 0.235 e. The molecular formula is C46H27N5O. The number of fused-ring (bicyclic) bond motifs is 11. The van der Waals surface area contributed by atoms with Crippen LogP contribution in [0, 0.1) is 0 Å². The fourth-order valence-corrected chi connectivity index (χ4v) is 9.18. The van der Waals surface area contributed by atoms with E-state index >= 15 is 0 Å². The molecule has 242 valence electrons. The highest BCUT2D eigenvalue weighted by Crippen LogP contribution is 2.51. The average Bonchev–Trinajstić information content (AvgIpc) is 3.69. The van der Waals surface area contributed by atoms with Gasteiger partial charge in [0.1, 0.15) is 0 Å². The van der Waals surface area contributed by atoms with Crippen molar-refractivity contribution in [1.29, 1.82) is 0 Å². The number of pyridine rings is 1. The normalized spacial score (nSPS) is 15.6. The summed E-state index contributed by atoms with van der Waals surface area (Å²) in [5.41, 5.74) is 14.0. The van der Waals surface area contributed by atoms with E-state index in [-0.39, 0.29) is 0 Å². The van der Waals surface area contributed by atoms with E-state index in [0.29, 0.717) is 17.0 Å². The lowest BCUT2D eigenvalue weighted by Crippen LogP contribution is -2.37. The molecule has 12 rings (SSSR count). The Bertz CT molecular complexity index is 3330. The third-order valence-corrected chi connectivity index (χ3v) is 11.2. The number of aliphatic hydroxyl groups is 1. The first kappa shape index (κ1) is 28.0. The van der Waals surface area contributed by atoms with E-state index in [1.54, 1.807) is 6.20 Å². The monoisotopic (exact) mass is 665 g/mol. The lowest BCUT2D eigenvalue weighted by Gasteiger charge is -2.22. The minimum Gasteiger partial charge on any atom is -0.366 e. The SMILES string of the molecule is NC1(O)c2ccnc3cc(-c4c5ccccc5c(-c5ccccc5)c5ccccc45)c4nc5nc6c7ccccc7c7ccccc7c6n5c1c4c23. The van der Waals surface area contributed by atoms with Crippen LogP contribution in [0.15, 0.2) is 146 Å². The van der Waals surface area contributed by atoms with E-state index in [9.17, 15) is 5.11 Å². The standard InChI is InChI=1S/C46H27N5O/c47-46(52)35-22-23-48-36-24-34(38-30-18-8-6-16-28(30)37(25-12-2-1-3-13-25)29-17-7-9-19-31(29)38)41-40(39(35)36)44(46)51-43-33-21-11-5-15-27(33)26-14-4-10-20-32(26)42(43)50-45(51)49-41/h1-24,52H,47H2. The summed E-state index contributed by atoms with van der Waals surface area (Å²) in [4.78, 5) is 15.6. The quantitative estimate of drug-likeness (QED) is 0.109. The Morgan fingerprint density at radius 1 is 0.538 bits per heavy atom. The minimum atomic E-state index is -1.83. The number of nitrogens with two attached hydrogens (primary N) is 1. The Kier molecular flexibility index (Phi) is 5.25. The molecule has 8 aromatic carbocycles. The molecule has 11 aromatic rings. The highest BCUT2D eigenvalue weighted by Gasteiger charge is 2.42. The molecule has 52 heavy (non-hydrogen) atoms. The summed E-state index contributed by atoms with van der Waals surface area (Å²) in [5.74, 6) is 0.485. The van der Waals surface area contributed by atoms with Gasteiger partial charge in [-0.05, 0) is 61.1 Å². The maximum absolute atomic E-state index is 12.5. The van der Waals surface area contributed by atoms with Gasteiger partial charge in [0.25, 0.3) is 0 Å². The van der Waals surface area contributed by atoms with Crippen molar-refractivity contribution < 1.29 is 5.11 Å². The zero-order valence-corrected chi connectivity index (χ0v) is 27.7. The highest BCUT2D eigenvalue weighted by molar-refractivity contribution is 6.28. The van der Waals surface area contributed by atoms with Crippen LogP contribution < -0.4 is 5.73 Å². The van der Waals surface area contributed by atoms with Crippen LogP contribution >= 0.6 is 0 Å². The van der Waals surface area contributed by atoms with Gasteiger partial charge in [0.05, 0.1) is 27.8 Å². The van der Waals surface area contributed by atoms with E-state index in [1.165, 1.54) is 5.56 Å². The average molecular weight is 666 g/mol. The van der Waals surface area contributed by atoms with Gasteiger partial charge in [-0.15, -0.1) is 0 Å². The molecule has 6 nitrogen and oxygen atoms in total. The van der Waals surface area contributed by atoms with Crippen LogP contribution in [0.2, 0.25) is 0 Å². The molecule has 0 bridgehead atoms. The van der Waals surface area contributed by atoms with Crippen molar-refractivity contribution in [2.45, 2.75) is 5.72 Å². The molecule has 1 aliphatic rings. The molecule has 1 unspecified atom stereocenters. The number of rotatable bonds is 2. The molecule has 0 spiro atoms. The summed E-state index contributed by atoms with van der Waals surface area (Å²) in [6.07, 6.45) is 1.74. The summed E-state index contributed by atoms with van der Waals surface area (Å²) in [5, 5.41) is 22.9. The van der Waals surface area contributed by atoms with Crippen LogP contribution in [0.3, 0.4) is 0 Å². The van der Waals surface area contributed by atoms with E-state index < -0.39 is 5.72 Å². The van der Waals surface area contributed by atoms with Crippen molar-refractivity contribution >= 4 is 81.7 Å². The minimum absolute atomic E-state index is 0.485. The fourth-order valence-electron chi connectivity index (χ4n) is 9.18. The van der Waals surface area contributed by atoms with Gasteiger partial charge < -0.3 is 5.11 Å². The Labute approximate surface area is 296 Å². The molecule has 6 heteroatoms. The van der Waals surface area contributed by atoms with Crippen LogP contribution in [-0.4, -0.2) is 24.5 Å². The summed E-state index contributed by atoms with van der Waals surface area (Å²) in [7, 11) is 0. The van der Waals surface area contributed by atoms with E-state index in [0.717, 1.165) is 92.6 Å². The van der Waals surface area contributed by atoms with Crippen molar-refractivity contribution in [2.24, 2.45) is 5.73 Å². The van der Waals surface area contributed by atoms with Gasteiger partial charge in [0.15, 0.2) is 5.72 Å². The van der Waals surface area contributed by atoms with Gasteiger partial charge in [0.2, 0.25) is 5.78 Å². The number of aromatic nitrogens is 4. The lowest BCUT2D eigenvalue weighted by atomic mass is 9.85. The Morgan fingerprint density at radius 2 is 1.08 bits per heavy atom. The second-order valence-electron chi connectivity index (χ2n) is 13.9. The molecule has 3 heterocycles. The predicted molar refractivity (Wildman–Crippen MR) is 211 cm³/mol. The van der Waals surface area contributed by atoms with Crippen LogP contribution in [0.4, 0.5) is 0 Å². The predicted octanol–water partition coefficient (Wildman–Crippen LogP) is 10.00. The topological polar surface area (TPSA) is 89.3 Å². The van der Waals surface area contributed by atoms with Gasteiger partial charge in [-0.25, -0.2) is 9.97 Å². The molecule has 1 aliphatic carbocycles. The number of imidazole rings is 1. The molecule has 0 fully saturated rings. The molecule has 0 saturated carbocycles.